The van der Waals surface area contributed by atoms with E-state index < -0.39 is 49.5 Å². The van der Waals surface area contributed by atoms with Gasteiger partial charge in [-0.3, -0.25) is 4.79 Å². The summed E-state index contributed by atoms with van der Waals surface area (Å²) in [5, 5.41) is 54.6. The van der Waals surface area contributed by atoms with E-state index in [1.165, 1.54) is 244 Å². The summed E-state index contributed by atoms with van der Waals surface area (Å²) in [6, 6.07) is -0.713. The fraction of sp³-hybridized carbons (Fsp3) is 0.983. The van der Waals surface area contributed by atoms with Crippen molar-refractivity contribution >= 4 is 5.91 Å². The lowest BCUT2D eigenvalue weighted by Crippen LogP contribution is -2.60. The molecule has 1 amide bonds. The van der Waals surface area contributed by atoms with E-state index in [0.717, 1.165) is 38.5 Å². The topological polar surface area (TPSA) is 149 Å². The monoisotopic (exact) mass is 954 g/mol. The lowest BCUT2D eigenvalue weighted by atomic mass is 9.99. The molecule has 400 valence electrons. The maximum absolute atomic E-state index is 13.1. The lowest BCUT2D eigenvalue weighted by Gasteiger charge is -2.40. The summed E-state index contributed by atoms with van der Waals surface area (Å²) >= 11 is 0. The maximum atomic E-state index is 13.1. The number of nitrogens with one attached hydrogen (secondary N) is 1. The Morgan fingerprint density at radius 1 is 0.448 bits per heavy atom. The van der Waals surface area contributed by atoms with E-state index in [1.54, 1.807) is 0 Å². The first kappa shape index (κ1) is 64.2. The van der Waals surface area contributed by atoms with Crippen LogP contribution in [0.4, 0.5) is 0 Å². The first-order valence-corrected chi connectivity index (χ1v) is 29.7. The SMILES string of the molecule is CCCCCCCCCCCCCCCCCCCCCCCCCCCCCCCCC(=O)NC(COC1OC(CO)C(O)C(O)C1O)C(O)CCCCCCCCCCCCCCCC. The summed E-state index contributed by atoms with van der Waals surface area (Å²) in [5.74, 6) is -0.136. The highest BCUT2D eigenvalue weighted by Gasteiger charge is 2.44. The Morgan fingerprint density at radius 3 is 1.06 bits per heavy atom. The Bertz CT molecular complexity index is 1020. The van der Waals surface area contributed by atoms with Crippen LogP contribution >= 0.6 is 0 Å². The van der Waals surface area contributed by atoms with Gasteiger partial charge in [-0.15, -0.1) is 0 Å². The van der Waals surface area contributed by atoms with Gasteiger partial charge in [0.15, 0.2) is 6.29 Å². The predicted molar refractivity (Wildman–Crippen MR) is 281 cm³/mol. The van der Waals surface area contributed by atoms with Gasteiger partial charge in [0.05, 0.1) is 25.4 Å². The largest absolute Gasteiger partial charge is 0.394 e. The van der Waals surface area contributed by atoms with Crippen molar-refractivity contribution in [3.8, 4) is 0 Å². The van der Waals surface area contributed by atoms with Gasteiger partial charge in [-0.05, 0) is 12.8 Å². The van der Waals surface area contributed by atoms with Crippen molar-refractivity contribution in [3.05, 3.63) is 0 Å². The molecule has 0 bridgehead atoms. The van der Waals surface area contributed by atoms with Gasteiger partial charge >= 0.3 is 0 Å². The summed E-state index contributed by atoms with van der Waals surface area (Å²) in [7, 11) is 0. The van der Waals surface area contributed by atoms with Gasteiger partial charge in [0, 0.05) is 6.42 Å². The standard InChI is InChI=1S/C58H115NO8/c1-3-5-7-9-11-13-15-17-19-20-21-22-23-24-25-26-27-28-29-30-31-32-33-34-36-38-40-42-44-46-48-54(62)59-51(50-66-58-57(65)56(64)55(63)53(49-60)67-58)52(61)47-45-43-41-39-37-35-18-16-14-12-10-8-6-4-2/h51-53,55-58,60-61,63-65H,3-50H2,1-2H3,(H,59,62). The molecule has 0 aliphatic carbocycles. The van der Waals surface area contributed by atoms with Crippen LogP contribution in [-0.4, -0.2) is 87.5 Å². The van der Waals surface area contributed by atoms with E-state index in [0.29, 0.717) is 12.8 Å². The van der Waals surface area contributed by atoms with Crippen LogP contribution in [0, 0.1) is 0 Å². The van der Waals surface area contributed by atoms with Crippen LogP contribution in [0.25, 0.3) is 0 Å². The van der Waals surface area contributed by atoms with Gasteiger partial charge in [0.2, 0.25) is 5.91 Å². The lowest BCUT2D eigenvalue weighted by molar-refractivity contribution is -0.302. The van der Waals surface area contributed by atoms with E-state index in [-0.39, 0.29) is 12.5 Å². The van der Waals surface area contributed by atoms with E-state index in [1.807, 2.05) is 0 Å². The van der Waals surface area contributed by atoms with Crippen molar-refractivity contribution < 1.29 is 39.8 Å². The van der Waals surface area contributed by atoms with Crippen molar-refractivity contribution in [2.24, 2.45) is 0 Å². The number of hydrogen-bond acceptors (Lipinski definition) is 8. The van der Waals surface area contributed by atoms with Gasteiger partial charge in [0.25, 0.3) is 0 Å². The van der Waals surface area contributed by atoms with Crippen molar-refractivity contribution in [1.29, 1.82) is 0 Å². The third-order valence-corrected chi connectivity index (χ3v) is 14.7. The number of hydrogen-bond donors (Lipinski definition) is 6. The highest BCUT2D eigenvalue weighted by atomic mass is 16.7. The number of rotatable bonds is 52. The van der Waals surface area contributed by atoms with Crippen LogP contribution in [-0.2, 0) is 14.3 Å². The third kappa shape index (κ3) is 38.5. The zero-order chi connectivity index (χ0) is 48.7. The highest BCUT2D eigenvalue weighted by Crippen LogP contribution is 2.23. The average Bonchev–Trinajstić information content (AvgIpc) is 3.33. The average molecular weight is 955 g/mol. The molecule has 9 nitrogen and oxygen atoms in total. The summed E-state index contributed by atoms with van der Waals surface area (Å²) < 4.78 is 11.3. The molecule has 0 saturated carbocycles. The first-order valence-electron chi connectivity index (χ1n) is 29.7. The molecular weight excluding hydrogens is 839 g/mol. The molecule has 7 atom stereocenters. The molecule has 7 unspecified atom stereocenters. The summed E-state index contributed by atoms with van der Waals surface area (Å²) in [5.41, 5.74) is 0. The van der Waals surface area contributed by atoms with E-state index in [2.05, 4.69) is 19.2 Å². The number of aliphatic hydroxyl groups is 5. The second-order valence-electron chi connectivity index (χ2n) is 21.2. The van der Waals surface area contributed by atoms with Gasteiger partial charge in [-0.2, -0.15) is 0 Å². The fourth-order valence-electron chi connectivity index (χ4n) is 9.99. The second kappa shape index (κ2) is 48.8. The van der Waals surface area contributed by atoms with Gasteiger partial charge in [-0.25, -0.2) is 0 Å². The minimum Gasteiger partial charge on any atom is -0.394 e. The van der Waals surface area contributed by atoms with E-state index in [4.69, 9.17) is 9.47 Å². The van der Waals surface area contributed by atoms with Crippen molar-refractivity contribution in [3.63, 3.8) is 0 Å². The van der Waals surface area contributed by atoms with Gasteiger partial charge in [0.1, 0.15) is 24.4 Å². The maximum Gasteiger partial charge on any atom is 0.220 e. The highest BCUT2D eigenvalue weighted by molar-refractivity contribution is 5.76. The van der Waals surface area contributed by atoms with Crippen LogP contribution in [0.5, 0.6) is 0 Å². The third-order valence-electron chi connectivity index (χ3n) is 14.7. The van der Waals surface area contributed by atoms with Crippen LogP contribution in [0.15, 0.2) is 0 Å². The number of carbonyl (C=O) groups excluding carboxylic acids is 1. The van der Waals surface area contributed by atoms with Crippen LogP contribution in [0.3, 0.4) is 0 Å². The number of aliphatic hydroxyl groups excluding tert-OH is 5. The Morgan fingerprint density at radius 2 is 0.746 bits per heavy atom. The Hall–Kier alpha value is -0.810. The molecule has 9 heteroatoms. The van der Waals surface area contributed by atoms with E-state index >= 15 is 0 Å². The molecular formula is C58H115NO8. The van der Waals surface area contributed by atoms with Crippen molar-refractivity contribution in [1.82, 2.24) is 5.32 Å². The molecule has 67 heavy (non-hydrogen) atoms. The summed E-state index contributed by atoms with van der Waals surface area (Å²) in [4.78, 5) is 13.1. The molecule has 0 radical (unpaired) electrons. The molecule has 1 aliphatic rings. The van der Waals surface area contributed by atoms with Crippen LogP contribution in [0.2, 0.25) is 0 Å². The second-order valence-corrected chi connectivity index (χ2v) is 21.2. The first-order chi connectivity index (χ1) is 32.8. The number of amides is 1. The molecule has 0 spiro atoms. The van der Waals surface area contributed by atoms with Crippen molar-refractivity contribution in [2.45, 2.75) is 352 Å². The molecule has 1 rings (SSSR count). The molecule has 1 fully saturated rings. The molecule has 0 aromatic carbocycles. The molecule has 0 aromatic heterocycles. The summed E-state index contributed by atoms with van der Waals surface area (Å²) in [6.45, 7) is 3.88. The smallest absolute Gasteiger partial charge is 0.220 e. The fourth-order valence-corrected chi connectivity index (χ4v) is 9.99. The Kier molecular flexibility index (Phi) is 46.8. The quantitative estimate of drug-likeness (QED) is 0.0330. The van der Waals surface area contributed by atoms with Crippen molar-refractivity contribution in [2.75, 3.05) is 13.2 Å². The molecule has 1 saturated heterocycles. The molecule has 0 aromatic rings. The molecule has 1 heterocycles. The van der Waals surface area contributed by atoms with E-state index in [9.17, 15) is 30.3 Å². The Balaban J connectivity index is 2.10. The number of unbranched alkanes of at least 4 members (excludes halogenated alkanes) is 42. The molecule has 1 aliphatic heterocycles. The van der Waals surface area contributed by atoms with Gasteiger partial charge < -0.3 is 40.3 Å². The number of ether oxygens (including phenoxy) is 2. The Labute approximate surface area is 414 Å². The zero-order valence-electron chi connectivity index (χ0n) is 44.4. The normalized spacial score (nSPS) is 19.5. The zero-order valence-corrected chi connectivity index (χ0v) is 44.4. The minimum atomic E-state index is -1.55. The summed E-state index contributed by atoms with van der Waals surface area (Å²) in [6.07, 6.45) is 51.5. The van der Waals surface area contributed by atoms with Crippen LogP contribution < -0.4 is 5.32 Å². The number of carbonyl (C=O) groups is 1. The predicted octanol–water partition coefficient (Wildman–Crippen LogP) is 14.6. The minimum absolute atomic E-state index is 0.131. The molecule has 6 N–H and O–H groups in total. The van der Waals surface area contributed by atoms with Gasteiger partial charge in [-0.1, -0.05) is 290 Å². The van der Waals surface area contributed by atoms with Crippen LogP contribution in [0.1, 0.15) is 309 Å².